The molecule has 0 bridgehead atoms. The van der Waals surface area contributed by atoms with E-state index in [0.717, 1.165) is 12.8 Å². The van der Waals surface area contributed by atoms with Crippen LogP contribution in [0.1, 0.15) is 74.7 Å². The number of hydrogen-bond donors (Lipinski definition) is 0. The van der Waals surface area contributed by atoms with Gasteiger partial charge in [0, 0.05) is 18.3 Å². The molecular weight excluding hydrogens is 248 g/mol. The van der Waals surface area contributed by atoms with E-state index in [-0.39, 0.29) is 22.9 Å². The third kappa shape index (κ3) is 4.23. The summed E-state index contributed by atoms with van der Waals surface area (Å²) in [5, 5.41) is 0. The summed E-state index contributed by atoms with van der Waals surface area (Å²) < 4.78 is 5.93. The molecule has 20 heavy (non-hydrogen) atoms. The highest BCUT2D eigenvalue weighted by Gasteiger charge is 2.47. The van der Waals surface area contributed by atoms with E-state index in [9.17, 15) is 4.79 Å². The van der Waals surface area contributed by atoms with Crippen molar-refractivity contribution in [3.05, 3.63) is 0 Å². The first kappa shape index (κ1) is 17.5. The molecule has 0 saturated heterocycles. The van der Waals surface area contributed by atoms with Gasteiger partial charge < -0.3 is 4.74 Å². The Labute approximate surface area is 125 Å². The Kier molecular flexibility index (Phi) is 5.32. The fourth-order valence-corrected chi connectivity index (χ4v) is 3.60. The molecule has 0 amide bonds. The van der Waals surface area contributed by atoms with Gasteiger partial charge in [-0.2, -0.15) is 0 Å². The van der Waals surface area contributed by atoms with Gasteiger partial charge in [0.25, 0.3) is 0 Å². The zero-order valence-corrected chi connectivity index (χ0v) is 14.7. The summed E-state index contributed by atoms with van der Waals surface area (Å²) >= 11 is 0. The van der Waals surface area contributed by atoms with Gasteiger partial charge in [-0.25, -0.2) is 0 Å². The molecule has 0 N–H and O–H groups in total. The van der Waals surface area contributed by atoms with Crippen molar-refractivity contribution in [2.45, 2.75) is 80.8 Å². The Balaban J connectivity index is 3.10. The second-order valence-electron chi connectivity index (χ2n) is 8.83. The van der Waals surface area contributed by atoms with Crippen LogP contribution in [0.25, 0.3) is 0 Å². The van der Waals surface area contributed by atoms with Gasteiger partial charge >= 0.3 is 5.97 Å². The molecule has 2 nitrogen and oxygen atoms in total. The van der Waals surface area contributed by atoms with Crippen LogP contribution in [0.4, 0.5) is 0 Å². The average Bonchev–Trinajstić information content (AvgIpc) is 2.27. The Morgan fingerprint density at radius 3 is 1.70 bits per heavy atom. The van der Waals surface area contributed by atoms with E-state index in [0.29, 0.717) is 24.2 Å². The second-order valence-corrected chi connectivity index (χ2v) is 8.83. The van der Waals surface area contributed by atoms with Gasteiger partial charge in [-0.05, 0) is 29.6 Å². The van der Waals surface area contributed by atoms with E-state index in [1.165, 1.54) is 0 Å². The largest absolute Gasteiger partial charge is 0.462 e. The van der Waals surface area contributed by atoms with E-state index in [4.69, 9.17) is 4.74 Å². The molecule has 1 saturated carbocycles. The lowest BCUT2D eigenvalue weighted by Crippen LogP contribution is -2.49. The van der Waals surface area contributed by atoms with Gasteiger partial charge in [-0.15, -0.1) is 0 Å². The first-order chi connectivity index (χ1) is 8.96. The zero-order chi connectivity index (χ0) is 15.7. The molecule has 1 rings (SSSR count). The number of carbonyl (C=O) groups is 1. The molecule has 1 aliphatic carbocycles. The predicted molar refractivity (Wildman–Crippen MR) is 84.5 cm³/mol. The van der Waals surface area contributed by atoms with Crippen LogP contribution in [-0.4, -0.2) is 12.1 Å². The molecule has 0 heterocycles. The highest BCUT2D eigenvalue weighted by Crippen LogP contribution is 2.49. The van der Waals surface area contributed by atoms with E-state index < -0.39 is 0 Å². The second kappa shape index (κ2) is 6.07. The maximum atomic E-state index is 11.9. The minimum atomic E-state index is -0.0481. The molecule has 2 heteroatoms. The summed E-state index contributed by atoms with van der Waals surface area (Å²) in [7, 11) is 0. The molecule has 0 aromatic heterocycles. The zero-order valence-electron chi connectivity index (χ0n) is 14.7. The topological polar surface area (TPSA) is 26.3 Å². The molecule has 1 aliphatic rings. The maximum Gasteiger partial charge on any atom is 0.305 e. The third-order valence-corrected chi connectivity index (χ3v) is 4.89. The summed E-state index contributed by atoms with van der Waals surface area (Å²) in [6.45, 7) is 17.9. The number of ether oxygens (including phenoxy) is 1. The first-order valence-electron chi connectivity index (χ1n) is 8.16. The Hall–Kier alpha value is -0.530. The van der Waals surface area contributed by atoms with Crippen molar-refractivity contribution in [1.82, 2.24) is 0 Å². The Morgan fingerprint density at radius 1 is 1.00 bits per heavy atom. The monoisotopic (exact) mass is 282 g/mol. The predicted octanol–water partition coefficient (Wildman–Crippen LogP) is 5.06. The summed E-state index contributed by atoms with van der Waals surface area (Å²) in [5.41, 5.74) is 0.355. The lowest BCUT2D eigenvalue weighted by Gasteiger charge is -2.50. The van der Waals surface area contributed by atoms with E-state index >= 15 is 0 Å². The van der Waals surface area contributed by atoms with Gasteiger partial charge in [0.2, 0.25) is 0 Å². The van der Waals surface area contributed by atoms with E-state index in [1.807, 2.05) is 6.92 Å². The van der Waals surface area contributed by atoms with Gasteiger partial charge in [0.05, 0.1) is 0 Å². The van der Waals surface area contributed by atoms with Crippen molar-refractivity contribution in [3.63, 3.8) is 0 Å². The highest BCUT2D eigenvalue weighted by molar-refractivity contribution is 5.69. The van der Waals surface area contributed by atoms with Gasteiger partial charge in [0.1, 0.15) is 6.10 Å². The fraction of sp³-hybridized carbons (Fsp3) is 0.944. The quantitative estimate of drug-likeness (QED) is 0.661. The molecule has 2 unspecified atom stereocenters. The number of rotatable bonds is 2. The standard InChI is InChI=1S/C18H34O2/c1-9-15(19)20-16-13(17(3,4)5)10-12(2)11-14(16)18(6,7)8/h12-14,16H,9-11H2,1-8H3. The summed E-state index contributed by atoms with van der Waals surface area (Å²) in [5.74, 6) is 1.56. The SMILES string of the molecule is CCC(=O)OC1C(C(C)(C)C)CC(C)CC1C(C)(C)C. The summed E-state index contributed by atoms with van der Waals surface area (Å²) in [6.07, 6.45) is 2.87. The third-order valence-electron chi connectivity index (χ3n) is 4.89. The van der Waals surface area contributed by atoms with Crippen LogP contribution in [0.3, 0.4) is 0 Å². The smallest absolute Gasteiger partial charge is 0.305 e. The van der Waals surface area contributed by atoms with Crippen LogP contribution in [0.2, 0.25) is 0 Å². The van der Waals surface area contributed by atoms with Crippen molar-refractivity contribution in [3.8, 4) is 0 Å². The van der Waals surface area contributed by atoms with Crippen molar-refractivity contribution >= 4 is 5.97 Å². The summed E-state index contributed by atoms with van der Waals surface area (Å²) in [4.78, 5) is 11.9. The van der Waals surface area contributed by atoms with E-state index in [1.54, 1.807) is 0 Å². The molecule has 118 valence electrons. The van der Waals surface area contributed by atoms with Crippen LogP contribution in [-0.2, 0) is 9.53 Å². The highest BCUT2D eigenvalue weighted by atomic mass is 16.5. The molecule has 2 atom stereocenters. The van der Waals surface area contributed by atoms with Crippen LogP contribution >= 0.6 is 0 Å². The molecule has 0 aromatic carbocycles. The molecule has 0 radical (unpaired) electrons. The number of hydrogen-bond acceptors (Lipinski definition) is 2. The minimum absolute atomic E-state index is 0.0481. The molecule has 0 aliphatic heterocycles. The van der Waals surface area contributed by atoms with Crippen LogP contribution < -0.4 is 0 Å². The Bertz CT molecular complexity index is 308. The van der Waals surface area contributed by atoms with Crippen molar-refractivity contribution in [1.29, 1.82) is 0 Å². The molecule has 1 fully saturated rings. The average molecular weight is 282 g/mol. The maximum absolute atomic E-state index is 11.9. The van der Waals surface area contributed by atoms with E-state index in [2.05, 4.69) is 48.5 Å². The van der Waals surface area contributed by atoms with Crippen LogP contribution in [0.5, 0.6) is 0 Å². The lowest BCUT2D eigenvalue weighted by atomic mass is 9.59. The number of esters is 1. The first-order valence-corrected chi connectivity index (χ1v) is 8.16. The Morgan fingerprint density at radius 2 is 1.40 bits per heavy atom. The molecule has 0 spiro atoms. The number of carbonyl (C=O) groups excluding carboxylic acids is 1. The fourth-order valence-electron chi connectivity index (χ4n) is 3.60. The van der Waals surface area contributed by atoms with Crippen LogP contribution in [0, 0.1) is 28.6 Å². The van der Waals surface area contributed by atoms with Gasteiger partial charge in [0.15, 0.2) is 0 Å². The van der Waals surface area contributed by atoms with Gasteiger partial charge in [-0.3, -0.25) is 4.79 Å². The van der Waals surface area contributed by atoms with Crippen molar-refractivity contribution < 1.29 is 9.53 Å². The molecule has 0 aromatic rings. The van der Waals surface area contributed by atoms with Crippen molar-refractivity contribution in [2.24, 2.45) is 28.6 Å². The summed E-state index contributed by atoms with van der Waals surface area (Å²) in [6, 6.07) is 0. The van der Waals surface area contributed by atoms with Crippen molar-refractivity contribution in [2.75, 3.05) is 0 Å². The normalized spacial score (nSPS) is 32.0. The minimum Gasteiger partial charge on any atom is -0.462 e. The lowest BCUT2D eigenvalue weighted by molar-refractivity contribution is -0.169. The van der Waals surface area contributed by atoms with Gasteiger partial charge in [-0.1, -0.05) is 55.4 Å². The molecular formula is C18H34O2. The van der Waals surface area contributed by atoms with Crippen LogP contribution in [0.15, 0.2) is 0 Å².